The average molecular weight is 276 g/mol. The molecule has 16 heavy (non-hydrogen) atoms. The summed E-state index contributed by atoms with van der Waals surface area (Å²) in [5.74, 6) is 0. The largest absolute Gasteiger partial charge is 0.321 e. The zero-order chi connectivity index (χ0) is 11.2. The Labute approximate surface area is 104 Å². The van der Waals surface area contributed by atoms with Gasteiger partial charge in [-0.25, -0.2) is 0 Å². The van der Waals surface area contributed by atoms with Gasteiger partial charge in [-0.2, -0.15) is 0 Å². The molecule has 0 atom stereocenters. The van der Waals surface area contributed by atoms with E-state index in [1.54, 1.807) is 0 Å². The smallest absolute Gasteiger partial charge is 0.0415 e. The predicted octanol–water partition coefficient (Wildman–Crippen LogP) is 3.94. The minimum Gasteiger partial charge on any atom is -0.321 e. The minimum atomic E-state index is -0.0830. The fourth-order valence-corrected chi connectivity index (χ4v) is 2.87. The highest BCUT2D eigenvalue weighted by atomic mass is 79.9. The van der Waals surface area contributed by atoms with Gasteiger partial charge in [-0.05, 0) is 47.7 Å². The van der Waals surface area contributed by atoms with E-state index in [0.29, 0.717) is 0 Å². The van der Waals surface area contributed by atoms with Crippen LogP contribution in [-0.4, -0.2) is 0 Å². The third-order valence-corrected chi connectivity index (χ3v) is 4.12. The first kappa shape index (κ1) is 10.3. The molecule has 0 spiro atoms. The summed E-state index contributed by atoms with van der Waals surface area (Å²) >= 11 is 3.53. The standard InChI is InChI=1S/C14H14BrN/c15-11-6-5-10-3-1-4-13(12(10)9-11)14(16)7-2-8-14/h1,3-6,9H,2,7-8,16H2. The monoisotopic (exact) mass is 275 g/mol. The van der Waals surface area contributed by atoms with Crippen molar-refractivity contribution in [3.8, 4) is 0 Å². The number of halogens is 1. The van der Waals surface area contributed by atoms with Crippen LogP contribution in [-0.2, 0) is 5.54 Å². The van der Waals surface area contributed by atoms with E-state index in [9.17, 15) is 0 Å². The molecular formula is C14H14BrN. The van der Waals surface area contributed by atoms with E-state index in [2.05, 4.69) is 52.3 Å². The van der Waals surface area contributed by atoms with Crippen molar-refractivity contribution in [3.05, 3.63) is 46.4 Å². The van der Waals surface area contributed by atoms with E-state index in [0.717, 1.165) is 17.3 Å². The lowest BCUT2D eigenvalue weighted by Gasteiger charge is -2.39. The Morgan fingerprint density at radius 2 is 1.94 bits per heavy atom. The molecule has 1 aliphatic rings. The Morgan fingerprint density at radius 3 is 2.62 bits per heavy atom. The van der Waals surface area contributed by atoms with Gasteiger partial charge in [0.05, 0.1) is 0 Å². The predicted molar refractivity (Wildman–Crippen MR) is 71.4 cm³/mol. The second kappa shape index (κ2) is 3.57. The van der Waals surface area contributed by atoms with Gasteiger partial charge >= 0.3 is 0 Å². The lowest BCUT2D eigenvalue weighted by atomic mass is 9.71. The SMILES string of the molecule is NC1(c2cccc3ccc(Br)cc23)CCC1. The van der Waals surface area contributed by atoms with E-state index < -0.39 is 0 Å². The third kappa shape index (κ3) is 1.48. The van der Waals surface area contributed by atoms with E-state index in [4.69, 9.17) is 5.73 Å². The summed E-state index contributed by atoms with van der Waals surface area (Å²) in [5.41, 5.74) is 7.65. The van der Waals surface area contributed by atoms with Crippen molar-refractivity contribution in [2.24, 2.45) is 5.73 Å². The van der Waals surface area contributed by atoms with Crippen LogP contribution in [0.15, 0.2) is 40.9 Å². The van der Waals surface area contributed by atoms with Crippen LogP contribution in [0.4, 0.5) is 0 Å². The van der Waals surface area contributed by atoms with Crippen LogP contribution in [0.5, 0.6) is 0 Å². The molecule has 0 bridgehead atoms. The molecule has 2 aromatic rings. The van der Waals surface area contributed by atoms with E-state index >= 15 is 0 Å². The zero-order valence-corrected chi connectivity index (χ0v) is 10.6. The average Bonchev–Trinajstić information content (AvgIpc) is 2.25. The van der Waals surface area contributed by atoms with Gasteiger partial charge in [0.2, 0.25) is 0 Å². The fourth-order valence-electron chi connectivity index (χ4n) is 2.51. The number of hydrogen-bond acceptors (Lipinski definition) is 1. The lowest BCUT2D eigenvalue weighted by Crippen LogP contribution is -2.43. The molecule has 2 aromatic carbocycles. The number of nitrogens with two attached hydrogens (primary N) is 1. The highest BCUT2D eigenvalue weighted by Gasteiger charge is 2.35. The van der Waals surface area contributed by atoms with Crippen LogP contribution in [0.1, 0.15) is 24.8 Å². The summed E-state index contributed by atoms with van der Waals surface area (Å²) in [7, 11) is 0. The summed E-state index contributed by atoms with van der Waals surface area (Å²) in [6.07, 6.45) is 3.47. The van der Waals surface area contributed by atoms with Gasteiger partial charge in [0.25, 0.3) is 0 Å². The van der Waals surface area contributed by atoms with Gasteiger partial charge in [0, 0.05) is 10.0 Å². The van der Waals surface area contributed by atoms with E-state index in [-0.39, 0.29) is 5.54 Å². The molecule has 0 aliphatic heterocycles. The first-order valence-corrected chi connectivity index (χ1v) is 6.46. The number of rotatable bonds is 1. The van der Waals surface area contributed by atoms with Crippen LogP contribution in [0, 0.1) is 0 Å². The molecule has 1 nitrogen and oxygen atoms in total. The molecule has 0 heterocycles. The first-order valence-electron chi connectivity index (χ1n) is 5.67. The van der Waals surface area contributed by atoms with Gasteiger partial charge in [0.15, 0.2) is 0 Å². The molecule has 0 saturated heterocycles. The van der Waals surface area contributed by atoms with E-state index in [1.165, 1.54) is 22.8 Å². The summed E-state index contributed by atoms with van der Waals surface area (Å²) < 4.78 is 1.12. The third-order valence-electron chi connectivity index (χ3n) is 3.63. The molecule has 0 aromatic heterocycles. The molecule has 1 saturated carbocycles. The van der Waals surface area contributed by atoms with Crippen molar-refractivity contribution in [1.29, 1.82) is 0 Å². The molecule has 0 unspecified atom stereocenters. The molecule has 2 N–H and O–H groups in total. The summed E-state index contributed by atoms with van der Waals surface area (Å²) in [4.78, 5) is 0. The Hall–Kier alpha value is -0.860. The number of benzene rings is 2. The molecule has 0 amide bonds. The normalized spacial score (nSPS) is 18.4. The second-order valence-electron chi connectivity index (χ2n) is 4.68. The highest BCUT2D eigenvalue weighted by molar-refractivity contribution is 9.10. The summed E-state index contributed by atoms with van der Waals surface area (Å²) in [6.45, 7) is 0. The van der Waals surface area contributed by atoms with Crippen molar-refractivity contribution in [3.63, 3.8) is 0 Å². The van der Waals surface area contributed by atoms with Crippen molar-refractivity contribution in [1.82, 2.24) is 0 Å². The summed E-state index contributed by atoms with van der Waals surface area (Å²) in [6, 6.07) is 12.8. The van der Waals surface area contributed by atoms with Crippen LogP contribution < -0.4 is 5.73 Å². The van der Waals surface area contributed by atoms with E-state index in [1.807, 2.05) is 0 Å². The van der Waals surface area contributed by atoms with Crippen LogP contribution in [0.3, 0.4) is 0 Å². The molecule has 2 heteroatoms. The maximum Gasteiger partial charge on any atom is 0.0415 e. The van der Waals surface area contributed by atoms with Gasteiger partial charge in [-0.1, -0.05) is 40.2 Å². The Balaban J connectivity index is 2.27. The van der Waals surface area contributed by atoms with Crippen LogP contribution in [0.25, 0.3) is 10.8 Å². The minimum absolute atomic E-state index is 0.0830. The highest BCUT2D eigenvalue weighted by Crippen LogP contribution is 2.41. The fraction of sp³-hybridized carbons (Fsp3) is 0.286. The molecule has 1 fully saturated rings. The number of fused-ring (bicyclic) bond motifs is 1. The molecule has 82 valence electrons. The van der Waals surface area contributed by atoms with Crippen LogP contribution >= 0.6 is 15.9 Å². The number of hydrogen-bond donors (Lipinski definition) is 1. The summed E-state index contributed by atoms with van der Waals surface area (Å²) in [5, 5.41) is 2.57. The van der Waals surface area contributed by atoms with Crippen molar-refractivity contribution in [2.45, 2.75) is 24.8 Å². The maximum absolute atomic E-state index is 6.42. The molecule has 1 aliphatic carbocycles. The van der Waals surface area contributed by atoms with Crippen molar-refractivity contribution >= 4 is 26.7 Å². The first-order chi connectivity index (χ1) is 7.69. The Morgan fingerprint density at radius 1 is 1.12 bits per heavy atom. The van der Waals surface area contributed by atoms with Crippen LogP contribution in [0.2, 0.25) is 0 Å². The molecule has 0 radical (unpaired) electrons. The van der Waals surface area contributed by atoms with Gasteiger partial charge in [0.1, 0.15) is 0 Å². The lowest BCUT2D eigenvalue weighted by molar-refractivity contribution is 0.256. The van der Waals surface area contributed by atoms with Crippen molar-refractivity contribution in [2.75, 3.05) is 0 Å². The van der Waals surface area contributed by atoms with Gasteiger partial charge < -0.3 is 5.73 Å². The Kier molecular flexibility index (Phi) is 2.30. The molecular weight excluding hydrogens is 262 g/mol. The van der Waals surface area contributed by atoms with Crippen molar-refractivity contribution < 1.29 is 0 Å². The van der Waals surface area contributed by atoms with Gasteiger partial charge in [-0.3, -0.25) is 0 Å². The maximum atomic E-state index is 6.42. The zero-order valence-electron chi connectivity index (χ0n) is 9.04. The Bertz CT molecular complexity index is 543. The van der Waals surface area contributed by atoms with Gasteiger partial charge in [-0.15, -0.1) is 0 Å². The quantitative estimate of drug-likeness (QED) is 0.838. The topological polar surface area (TPSA) is 26.0 Å². The molecule has 3 rings (SSSR count). The second-order valence-corrected chi connectivity index (χ2v) is 5.60.